The van der Waals surface area contributed by atoms with Gasteiger partial charge in [0.25, 0.3) is 0 Å². The molecular weight excluding hydrogens is 316 g/mol. The summed E-state index contributed by atoms with van der Waals surface area (Å²) in [7, 11) is 0. The maximum Gasteiger partial charge on any atom is 0.407 e. The number of hydrogen-bond donors (Lipinski definition) is 2. The van der Waals surface area contributed by atoms with Crippen LogP contribution in [0.25, 0.3) is 0 Å². The third-order valence-electron chi connectivity index (χ3n) is 3.66. The van der Waals surface area contributed by atoms with E-state index in [2.05, 4.69) is 10.3 Å². The molecule has 0 saturated heterocycles. The van der Waals surface area contributed by atoms with E-state index in [0.29, 0.717) is 6.42 Å². The summed E-state index contributed by atoms with van der Waals surface area (Å²) in [6, 6.07) is 0. The van der Waals surface area contributed by atoms with Crippen molar-refractivity contribution in [2.75, 3.05) is 6.54 Å². The number of carboxylic acids is 1. The average Bonchev–Trinajstić information content (AvgIpc) is 2.71. The first-order valence-electron chi connectivity index (χ1n) is 7.62. The van der Waals surface area contributed by atoms with E-state index in [4.69, 9.17) is 4.74 Å². The normalized spacial score (nSPS) is 14.2. The Morgan fingerprint density at radius 3 is 2.30 bits per heavy atom. The smallest absolute Gasteiger partial charge is 0.407 e. The van der Waals surface area contributed by atoms with Gasteiger partial charge in [0.2, 0.25) is 0 Å². The second-order valence-corrected chi connectivity index (χ2v) is 8.01. The minimum absolute atomic E-state index is 0.00538. The fourth-order valence-electron chi connectivity index (χ4n) is 2.07. The van der Waals surface area contributed by atoms with Crippen LogP contribution in [-0.4, -0.2) is 34.3 Å². The molecule has 0 radical (unpaired) electrons. The number of aliphatic carboxylic acids is 1. The van der Waals surface area contributed by atoms with Gasteiger partial charge in [0.1, 0.15) is 5.60 Å². The molecule has 0 bridgehead atoms. The summed E-state index contributed by atoms with van der Waals surface area (Å²) >= 11 is 1.50. The Morgan fingerprint density at radius 1 is 1.30 bits per heavy atom. The molecule has 1 atom stereocenters. The predicted octanol–water partition coefficient (Wildman–Crippen LogP) is 3.31. The molecule has 1 aromatic heterocycles. The Hall–Kier alpha value is -1.63. The van der Waals surface area contributed by atoms with Crippen LogP contribution in [-0.2, 0) is 16.0 Å². The molecule has 0 aliphatic carbocycles. The van der Waals surface area contributed by atoms with E-state index in [1.54, 1.807) is 27.7 Å². The van der Waals surface area contributed by atoms with Crippen molar-refractivity contribution in [2.45, 2.75) is 60.0 Å². The van der Waals surface area contributed by atoms with Gasteiger partial charge in [0.05, 0.1) is 16.1 Å². The van der Waals surface area contributed by atoms with Crippen molar-refractivity contribution < 1.29 is 19.4 Å². The Kier molecular flexibility index (Phi) is 6.16. The minimum Gasteiger partial charge on any atom is -0.481 e. The summed E-state index contributed by atoms with van der Waals surface area (Å²) in [5.41, 5.74) is -0.792. The van der Waals surface area contributed by atoms with Crippen LogP contribution in [0.4, 0.5) is 4.79 Å². The van der Waals surface area contributed by atoms with E-state index >= 15 is 0 Å². The van der Waals surface area contributed by atoms with Crippen LogP contribution in [0.1, 0.15) is 49.7 Å². The molecule has 7 heteroatoms. The molecule has 1 amide bonds. The Balaban J connectivity index is 2.86. The number of aryl methyl sites for hydroxylation is 2. The Bertz CT molecular complexity index is 558. The minimum atomic E-state index is -1.09. The number of hydrogen-bond acceptors (Lipinski definition) is 5. The van der Waals surface area contributed by atoms with Gasteiger partial charge in [-0.2, -0.15) is 0 Å². The average molecular weight is 342 g/mol. The van der Waals surface area contributed by atoms with Gasteiger partial charge in [-0.1, -0.05) is 6.92 Å². The van der Waals surface area contributed by atoms with Gasteiger partial charge in [-0.3, -0.25) is 4.79 Å². The summed E-state index contributed by atoms with van der Waals surface area (Å²) in [6.07, 6.45) is 0.0622. The third-order valence-corrected chi connectivity index (χ3v) is 4.74. The zero-order valence-electron chi connectivity index (χ0n) is 14.6. The lowest BCUT2D eigenvalue weighted by Gasteiger charge is -2.28. The number of aromatic nitrogens is 1. The van der Waals surface area contributed by atoms with Crippen molar-refractivity contribution in [1.29, 1.82) is 0 Å². The van der Waals surface area contributed by atoms with Crippen molar-refractivity contribution >= 4 is 23.4 Å². The largest absolute Gasteiger partial charge is 0.481 e. The lowest BCUT2D eigenvalue weighted by atomic mass is 9.82. The molecule has 0 fully saturated rings. The number of carbonyl (C=O) groups excluding carboxylic acids is 1. The second-order valence-electron chi connectivity index (χ2n) is 6.72. The first-order chi connectivity index (χ1) is 10.5. The third kappa shape index (κ3) is 5.49. The lowest BCUT2D eigenvalue weighted by molar-refractivity contribution is -0.148. The van der Waals surface area contributed by atoms with E-state index in [1.165, 1.54) is 11.3 Å². The van der Waals surface area contributed by atoms with Gasteiger partial charge in [0, 0.05) is 17.8 Å². The maximum absolute atomic E-state index is 11.8. The molecule has 6 nitrogen and oxygen atoms in total. The molecule has 2 N–H and O–H groups in total. The maximum atomic E-state index is 11.8. The standard InChI is InChI=1S/C16H26N2O4S/c1-7-16(13(19)20,8-12-18-10(2)11(3)23-12)9-17-14(21)22-15(4,5)6/h7-9H2,1-6H3,(H,17,21)(H,19,20). The number of thiazole rings is 1. The summed E-state index contributed by atoms with van der Waals surface area (Å²) < 4.78 is 5.17. The number of carboxylic acid groups (broad SMARTS) is 1. The van der Waals surface area contributed by atoms with Crippen LogP contribution >= 0.6 is 11.3 Å². The number of rotatable bonds is 6. The topological polar surface area (TPSA) is 88.5 Å². The van der Waals surface area contributed by atoms with Gasteiger partial charge in [-0.15, -0.1) is 11.3 Å². The molecule has 1 aromatic rings. The van der Waals surface area contributed by atoms with Crippen LogP contribution < -0.4 is 5.32 Å². The quantitative estimate of drug-likeness (QED) is 0.828. The molecule has 0 spiro atoms. The van der Waals surface area contributed by atoms with Gasteiger partial charge in [0.15, 0.2) is 0 Å². The SMILES string of the molecule is CCC(CNC(=O)OC(C)(C)C)(Cc1nc(C)c(C)s1)C(=O)O. The molecular formula is C16H26N2O4S. The van der Waals surface area contributed by atoms with E-state index in [-0.39, 0.29) is 13.0 Å². The number of amides is 1. The predicted molar refractivity (Wildman–Crippen MR) is 89.9 cm³/mol. The number of nitrogens with one attached hydrogen (secondary N) is 1. The first kappa shape index (κ1) is 19.4. The van der Waals surface area contributed by atoms with Gasteiger partial charge in [-0.25, -0.2) is 9.78 Å². The first-order valence-corrected chi connectivity index (χ1v) is 8.44. The molecule has 1 rings (SSSR count). The highest BCUT2D eigenvalue weighted by atomic mass is 32.1. The molecule has 23 heavy (non-hydrogen) atoms. The molecule has 0 saturated carbocycles. The van der Waals surface area contributed by atoms with E-state index in [1.807, 2.05) is 13.8 Å². The van der Waals surface area contributed by atoms with Crippen molar-refractivity contribution in [1.82, 2.24) is 10.3 Å². The summed E-state index contributed by atoms with van der Waals surface area (Å²) in [5.74, 6) is -0.943. The van der Waals surface area contributed by atoms with Crippen molar-refractivity contribution in [2.24, 2.45) is 5.41 Å². The highest BCUT2D eigenvalue weighted by Crippen LogP contribution is 2.30. The van der Waals surface area contributed by atoms with E-state index in [0.717, 1.165) is 15.6 Å². The highest BCUT2D eigenvalue weighted by Gasteiger charge is 2.39. The Morgan fingerprint density at radius 2 is 1.91 bits per heavy atom. The Labute approximate surface area is 141 Å². The number of alkyl carbamates (subject to hydrolysis) is 1. The zero-order valence-corrected chi connectivity index (χ0v) is 15.5. The van der Waals surface area contributed by atoms with Crippen LogP contribution in [0.3, 0.4) is 0 Å². The van der Waals surface area contributed by atoms with Crippen molar-refractivity contribution in [3.05, 3.63) is 15.6 Å². The van der Waals surface area contributed by atoms with Crippen LogP contribution in [0, 0.1) is 19.3 Å². The molecule has 1 unspecified atom stereocenters. The summed E-state index contributed by atoms with van der Waals surface area (Å²) in [5, 5.41) is 13.1. The lowest BCUT2D eigenvalue weighted by Crippen LogP contribution is -2.45. The van der Waals surface area contributed by atoms with Crippen molar-refractivity contribution in [3.63, 3.8) is 0 Å². The van der Waals surface area contributed by atoms with Crippen molar-refractivity contribution in [3.8, 4) is 0 Å². The van der Waals surface area contributed by atoms with Crippen LogP contribution in [0.2, 0.25) is 0 Å². The molecule has 0 aromatic carbocycles. The number of carbonyl (C=O) groups is 2. The number of ether oxygens (including phenoxy) is 1. The summed E-state index contributed by atoms with van der Waals surface area (Å²) in [6.45, 7) is 11.0. The highest BCUT2D eigenvalue weighted by molar-refractivity contribution is 7.11. The summed E-state index contributed by atoms with van der Waals surface area (Å²) in [4.78, 5) is 29.1. The fraction of sp³-hybridized carbons (Fsp3) is 0.688. The van der Waals surface area contributed by atoms with Gasteiger partial charge in [-0.05, 0) is 41.0 Å². The van der Waals surface area contributed by atoms with Gasteiger partial charge >= 0.3 is 12.1 Å². The van der Waals surface area contributed by atoms with E-state index < -0.39 is 23.1 Å². The van der Waals surface area contributed by atoms with Crippen LogP contribution in [0.5, 0.6) is 0 Å². The molecule has 130 valence electrons. The molecule has 0 aliphatic rings. The second kappa shape index (κ2) is 7.29. The number of nitrogens with zero attached hydrogens (tertiary/aromatic N) is 1. The molecule has 0 aliphatic heterocycles. The van der Waals surface area contributed by atoms with E-state index in [9.17, 15) is 14.7 Å². The van der Waals surface area contributed by atoms with Gasteiger partial charge < -0.3 is 15.2 Å². The fourth-order valence-corrected chi connectivity index (χ4v) is 3.15. The monoisotopic (exact) mass is 342 g/mol. The molecule has 1 heterocycles. The van der Waals surface area contributed by atoms with Crippen LogP contribution in [0.15, 0.2) is 0 Å². The zero-order chi connectivity index (χ0) is 17.8.